The lowest BCUT2D eigenvalue weighted by Crippen LogP contribution is -2.39. The molecule has 3 aromatic rings. The molecule has 1 fully saturated rings. The smallest absolute Gasteiger partial charge is 0.243 e. The minimum atomic E-state index is -3.59. The molecule has 4 rings (SSSR count). The fraction of sp³-hybridized carbons (Fsp3) is 0.300. The van der Waals surface area contributed by atoms with Crippen LogP contribution in [0.25, 0.3) is 11.4 Å². The molecule has 0 spiro atoms. The first-order valence-corrected chi connectivity index (χ1v) is 10.9. The van der Waals surface area contributed by atoms with Gasteiger partial charge in [0, 0.05) is 23.7 Å². The SMILES string of the molecule is Cc1cccc(-c2noc(C3CCCN(S(=O)(=O)c4ccc(Cl)cc4)C3)n2)c1. The van der Waals surface area contributed by atoms with E-state index < -0.39 is 10.0 Å². The van der Waals surface area contributed by atoms with Crippen LogP contribution >= 0.6 is 11.6 Å². The number of hydrogen-bond acceptors (Lipinski definition) is 5. The van der Waals surface area contributed by atoms with Crippen molar-refractivity contribution in [2.45, 2.75) is 30.6 Å². The third-order valence-corrected chi connectivity index (χ3v) is 7.03. The van der Waals surface area contributed by atoms with Crippen LogP contribution in [0.1, 0.15) is 30.2 Å². The molecule has 0 N–H and O–H groups in total. The van der Waals surface area contributed by atoms with Gasteiger partial charge in [-0.05, 0) is 50.1 Å². The fourth-order valence-corrected chi connectivity index (χ4v) is 5.07. The van der Waals surface area contributed by atoms with E-state index in [1.807, 2.05) is 31.2 Å². The van der Waals surface area contributed by atoms with Crippen molar-refractivity contribution in [3.63, 3.8) is 0 Å². The van der Waals surface area contributed by atoms with Gasteiger partial charge in [0.25, 0.3) is 0 Å². The van der Waals surface area contributed by atoms with Crippen LogP contribution < -0.4 is 0 Å². The standard InChI is InChI=1S/C20H20ClN3O3S/c1-14-4-2-5-15(12-14)19-22-20(27-23-19)16-6-3-11-24(13-16)28(25,26)18-9-7-17(21)8-10-18/h2,4-5,7-10,12,16H,3,6,11,13H2,1H3. The molecule has 1 aliphatic rings. The number of hydrogen-bond donors (Lipinski definition) is 0. The largest absolute Gasteiger partial charge is 0.339 e. The summed E-state index contributed by atoms with van der Waals surface area (Å²) in [5.74, 6) is 0.880. The number of aryl methyl sites for hydroxylation is 1. The summed E-state index contributed by atoms with van der Waals surface area (Å²) < 4.78 is 32.9. The summed E-state index contributed by atoms with van der Waals surface area (Å²) in [5, 5.41) is 4.59. The second-order valence-corrected chi connectivity index (χ2v) is 9.36. The highest BCUT2D eigenvalue weighted by molar-refractivity contribution is 7.89. The number of benzene rings is 2. The molecule has 8 heteroatoms. The van der Waals surface area contributed by atoms with Crippen LogP contribution in [0.5, 0.6) is 0 Å². The molecule has 1 saturated heterocycles. The maximum Gasteiger partial charge on any atom is 0.243 e. The summed E-state index contributed by atoms with van der Waals surface area (Å²) in [7, 11) is -3.59. The van der Waals surface area contributed by atoms with Crippen molar-refractivity contribution in [3.05, 3.63) is 65.0 Å². The molecule has 1 aliphatic heterocycles. The van der Waals surface area contributed by atoms with E-state index in [0.29, 0.717) is 29.8 Å². The summed E-state index contributed by atoms with van der Waals surface area (Å²) in [6.07, 6.45) is 1.54. The predicted octanol–water partition coefficient (Wildman–Crippen LogP) is 4.27. The van der Waals surface area contributed by atoms with Crippen molar-refractivity contribution in [2.75, 3.05) is 13.1 Å². The topological polar surface area (TPSA) is 76.3 Å². The Morgan fingerprint density at radius 2 is 1.96 bits per heavy atom. The molecule has 0 bridgehead atoms. The highest BCUT2D eigenvalue weighted by Crippen LogP contribution is 2.31. The van der Waals surface area contributed by atoms with E-state index in [1.54, 1.807) is 12.1 Å². The third kappa shape index (κ3) is 3.83. The lowest BCUT2D eigenvalue weighted by atomic mass is 10.00. The number of rotatable bonds is 4. The summed E-state index contributed by atoms with van der Waals surface area (Å²) >= 11 is 5.88. The number of halogens is 1. The van der Waals surface area contributed by atoms with Gasteiger partial charge in [0.2, 0.25) is 21.7 Å². The molecule has 1 unspecified atom stereocenters. The second kappa shape index (κ2) is 7.66. The molecule has 28 heavy (non-hydrogen) atoms. The fourth-order valence-electron chi connectivity index (χ4n) is 3.42. The predicted molar refractivity (Wildman–Crippen MR) is 107 cm³/mol. The maximum absolute atomic E-state index is 13.0. The Hall–Kier alpha value is -2.22. The van der Waals surface area contributed by atoms with Gasteiger partial charge >= 0.3 is 0 Å². The molecule has 146 valence electrons. The van der Waals surface area contributed by atoms with Gasteiger partial charge in [-0.1, -0.05) is 40.5 Å². The number of piperidine rings is 1. The second-order valence-electron chi connectivity index (χ2n) is 6.98. The quantitative estimate of drug-likeness (QED) is 0.633. The van der Waals surface area contributed by atoms with Crippen molar-refractivity contribution in [1.29, 1.82) is 0 Å². The van der Waals surface area contributed by atoms with E-state index in [9.17, 15) is 8.42 Å². The summed E-state index contributed by atoms with van der Waals surface area (Å²) in [6.45, 7) is 2.80. The summed E-state index contributed by atoms with van der Waals surface area (Å²) in [6, 6.07) is 14.1. The zero-order chi connectivity index (χ0) is 19.7. The molecule has 6 nitrogen and oxygen atoms in total. The first kappa shape index (κ1) is 19.1. The zero-order valence-electron chi connectivity index (χ0n) is 15.4. The van der Waals surface area contributed by atoms with Gasteiger partial charge in [0.1, 0.15) is 0 Å². The van der Waals surface area contributed by atoms with E-state index in [1.165, 1.54) is 16.4 Å². The lowest BCUT2D eigenvalue weighted by Gasteiger charge is -2.30. The normalized spacial score (nSPS) is 18.3. The van der Waals surface area contributed by atoms with Crippen LogP contribution in [-0.4, -0.2) is 36.0 Å². The molecule has 1 atom stereocenters. The molecule has 0 radical (unpaired) electrons. The summed E-state index contributed by atoms with van der Waals surface area (Å²) in [4.78, 5) is 4.77. The van der Waals surface area contributed by atoms with Crippen LogP contribution in [0.2, 0.25) is 5.02 Å². The van der Waals surface area contributed by atoms with Gasteiger partial charge in [-0.25, -0.2) is 8.42 Å². The van der Waals surface area contributed by atoms with E-state index in [0.717, 1.165) is 24.0 Å². The summed E-state index contributed by atoms with van der Waals surface area (Å²) in [5.41, 5.74) is 2.00. The van der Waals surface area contributed by atoms with Crippen LogP contribution in [-0.2, 0) is 10.0 Å². The molecule has 0 amide bonds. The van der Waals surface area contributed by atoms with Gasteiger partial charge in [-0.3, -0.25) is 0 Å². The molecule has 0 aliphatic carbocycles. The van der Waals surface area contributed by atoms with Gasteiger partial charge in [0.05, 0.1) is 10.8 Å². The van der Waals surface area contributed by atoms with Gasteiger partial charge in [-0.2, -0.15) is 9.29 Å². The van der Waals surface area contributed by atoms with Crippen LogP contribution in [0.3, 0.4) is 0 Å². The maximum atomic E-state index is 13.0. The molecular formula is C20H20ClN3O3S. The minimum absolute atomic E-state index is 0.123. The third-order valence-electron chi connectivity index (χ3n) is 4.90. The number of nitrogens with zero attached hydrogens (tertiary/aromatic N) is 3. The van der Waals surface area contributed by atoms with Crippen molar-refractivity contribution in [3.8, 4) is 11.4 Å². The van der Waals surface area contributed by atoms with Crippen LogP contribution in [0, 0.1) is 6.92 Å². The minimum Gasteiger partial charge on any atom is -0.339 e. The Balaban J connectivity index is 1.55. The first-order valence-electron chi connectivity index (χ1n) is 9.10. The first-order chi connectivity index (χ1) is 13.4. The highest BCUT2D eigenvalue weighted by atomic mass is 35.5. The molecule has 2 aromatic carbocycles. The average Bonchev–Trinajstić information content (AvgIpc) is 3.19. The number of sulfonamides is 1. The van der Waals surface area contributed by atoms with Crippen LogP contribution in [0.4, 0.5) is 0 Å². The zero-order valence-corrected chi connectivity index (χ0v) is 16.9. The molecular weight excluding hydrogens is 398 g/mol. The Bertz CT molecular complexity index is 1080. The lowest BCUT2D eigenvalue weighted by molar-refractivity contribution is 0.265. The van der Waals surface area contributed by atoms with E-state index >= 15 is 0 Å². The van der Waals surface area contributed by atoms with E-state index in [4.69, 9.17) is 16.1 Å². The van der Waals surface area contributed by atoms with E-state index in [2.05, 4.69) is 10.1 Å². The van der Waals surface area contributed by atoms with Crippen molar-refractivity contribution in [2.24, 2.45) is 0 Å². The van der Waals surface area contributed by atoms with Crippen LogP contribution in [0.15, 0.2) is 57.9 Å². The Kier molecular flexibility index (Phi) is 5.23. The van der Waals surface area contributed by atoms with Crippen molar-refractivity contribution >= 4 is 21.6 Å². The van der Waals surface area contributed by atoms with Gasteiger partial charge in [-0.15, -0.1) is 0 Å². The highest BCUT2D eigenvalue weighted by Gasteiger charge is 2.33. The average molecular weight is 418 g/mol. The molecule has 2 heterocycles. The van der Waals surface area contributed by atoms with Gasteiger partial charge in [0.15, 0.2) is 0 Å². The number of aromatic nitrogens is 2. The Morgan fingerprint density at radius 1 is 1.18 bits per heavy atom. The monoisotopic (exact) mass is 417 g/mol. The van der Waals surface area contributed by atoms with Crippen molar-refractivity contribution < 1.29 is 12.9 Å². The molecule has 1 aromatic heterocycles. The van der Waals surface area contributed by atoms with Crippen molar-refractivity contribution in [1.82, 2.24) is 14.4 Å². The Labute approximate surface area is 169 Å². The van der Waals surface area contributed by atoms with E-state index in [-0.39, 0.29) is 10.8 Å². The molecule has 0 saturated carbocycles. The Morgan fingerprint density at radius 3 is 2.71 bits per heavy atom. The van der Waals surface area contributed by atoms with Gasteiger partial charge < -0.3 is 4.52 Å².